The van der Waals surface area contributed by atoms with Crippen LogP contribution in [0.4, 0.5) is 0 Å². The maximum absolute atomic E-state index is 13.1. The minimum atomic E-state index is -0.124. The van der Waals surface area contributed by atoms with Crippen molar-refractivity contribution in [2.45, 2.75) is 37.8 Å². The SMILES string of the molecule is Cn1cc([C@H]2OCC[C@@H]2C(=O)N2CCN3CCCC[C@@H]3C2)cn1. The number of carbonyl (C=O) groups is 1. The van der Waals surface area contributed by atoms with Crippen molar-refractivity contribution in [2.75, 3.05) is 32.8 Å². The lowest BCUT2D eigenvalue weighted by Crippen LogP contribution is -2.57. The zero-order chi connectivity index (χ0) is 15.8. The third kappa shape index (κ3) is 2.90. The molecular weight excluding hydrogens is 292 g/mol. The predicted molar refractivity (Wildman–Crippen MR) is 85.8 cm³/mol. The van der Waals surface area contributed by atoms with Crippen molar-refractivity contribution in [3.05, 3.63) is 18.0 Å². The first-order valence-corrected chi connectivity index (χ1v) is 8.85. The van der Waals surface area contributed by atoms with E-state index in [-0.39, 0.29) is 17.9 Å². The van der Waals surface area contributed by atoms with E-state index in [1.807, 2.05) is 19.4 Å². The van der Waals surface area contributed by atoms with Crippen molar-refractivity contribution < 1.29 is 9.53 Å². The molecule has 0 spiro atoms. The van der Waals surface area contributed by atoms with Crippen molar-refractivity contribution in [3.8, 4) is 0 Å². The van der Waals surface area contributed by atoms with E-state index in [1.54, 1.807) is 4.68 Å². The molecule has 3 aliphatic rings. The van der Waals surface area contributed by atoms with E-state index in [4.69, 9.17) is 4.74 Å². The van der Waals surface area contributed by atoms with Crippen LogP contribution in [0.15, 0.2) is 12.4 Å². The molecule has 0 unspecified atom stereocenters. The van der Waals surface area contributed by atoms with Gasteiger partial charge in [-0.05, 0) is 25.8 Å². The first-order valence-electron chi connectivity index (χ1n) is 8.85. The zero-order valence-corrected chi connectivity index (χ0v) is 13.9. The second-order valence-electron chi connectivity index (χ2n) is 7.10. The molecule has 4 rings (SSSR count). The van der Waals surface area contributed by atoms with Gasteiger partial charge in [0, 0.05) is 51.1 Å². The minimum absolute atomic E-state index is 0.0469. The van der Waals surface area contributed by atoms with Gasteiger partial charge in [0.25, 0.3) is 0 Å². The highest BCUT2D eigenvalue weighted by atomic mass is 16.5. The van der Waals surface area contributed by atoms with Gasteiger partial charge in [0.2, 0.25) is 5.91 Å². The van der Waals surface area contributed by atoms with Crippen LogP contribution in [-0.4, -0.2) is 64.3 Å². The van der Waals surface area contributed by atoms with Crippen molar-refractivity contribution in [2.24, 2.45) is 13.0 Å². The number of carbonyl (C=O) groups excluding carboxylic acids is 1. The summed E-state index contributed by atoms with van der Waals surface area (Å²) in [5.74, 6) is 0.232. The number of piperazine rings is 1. The first kappa shape index (κ1) is 15.1. The number of piperidine rings is 1. The highest BCUT2D eigenvalue weighted by Crippen LogP contribution is 2.36. The third-order valence-corrected chi connectivity index (χ3v) is 5.61. The predicted octanol–water partition coefficient (Wildman–Crippen LogP) is 1.19. The summed E-state index contributed by atoms with van der Waals surface area (Å²) in [5, 5.41) is 4.23. The van der Waals surface area contributed by atoms with Crippen molar-refractivity contribution in [3.63, 3.8) is 0 Å². The van der Waals surface area contributed by atoms with E-state index in [9.17, 15) is 4.79 Å². The summed E-state index contributed by atoms with van der Waals surface area (Å²) in [7, 11) is 1.90. The van der Waals surface area contributed by atoms with Gasteiger partial charge in [-0.1, -0.05) is 6.42 Å². The Labute approximate surface area is 137 Å². The molecule has 3 saturated heterocycles. The number of ether oxygens (including phenoxy) is 1. The fourth-order valence-electron chi connectivity index (χ4n) is 4.35. The van der Waals surface area contributed by atoms with Crippen LogP contribution in [0.1, 0.15) is 37.4 Å². The van der Waals surface area contributed by atoms with Crippen molar-refractivity contribution in [1.82, 2.24) is 19.6 Å². The summed E-state index contributed by atoms with van der Waals surface area (Å²) in [6.45, 7) is 4.67. The number of amides is 1. The van der Waals surface area contributed by atoms with Gasteiger partial charge in [0.1, 0.15) is 0 Å². The normalized spacial score (nSPS) is 32.0. The van der Waals surface area contributed by atoms with Crippen molar-refractivity contribution >= 4 is 5.91 Å². The van der Waals surface area contributed by atoms with Crippen LogP contribution in [0.25, 0.3) is 0 Å². The van der Waals surface area contributed by atoms with Crippen LogP contribution in [0.2, 0.25) is 0 Å². The second kappa shape index (κ2) is 6.24. The van der Waals surface area contributed by atoms with Gasteiger partial charge in [0.05, 0.1) is 18.2 Å². The summed E-state index contributed by atoms with van der Waals surface area (Å²) in [4.78, 5) is 17.7. The molecule has 126 valence electrons. The second-order valence-corrected chi connectivity index (χ2v) is 7.10. The van der Waals surface area contributed by atoms with Gasteiger partial charge in [-0.3, -0.25) is 14.4 Å². The van der Waals surface area contributed by atoms with Gasteiger partial charge in [-0.15, -0.1) is 0 Å². The smallest absolute Gasteiger partial charge is 0.228 e. The lowest BCUT2D eigenvalue weighted by Gasteiger charge is -2.44. The monoisotopic (exact) mass is 318 g/mol. The van der Waals surface area contributed by atoms with Crippen LogP contribution in [0, 0.1) is 5.92 Å². The van der Waals surface area contributed by atoms with E-state index < -0.39 is 0 Å². The molecule has 1 amide bonds. The number of aromatic nitrogens is 2. The summed E-state index contributed by atoms with van der Waals surface area (Å²) >= 11 is 0. The van der Waals surface area contributed by atoms with Crippen molar-refractivity contribution in [1.29, 1.82) is 0 Å². The van der Waals surface area contributed by atoms with Gasteiger partial charge in [0.15, 0.2) is 0 Å². The Hall–Kier alpha value is -1.40. The fraction of sp³-hybridized carbons (Fsp3) is 0.765. The first-order chi connectivity index (χ1) is 11.2. The van der Waals surface area contributed by atoms with E-state index in [0.29, 0.717) is 12.6 Å². The van der Waals surface area contributed by atoms with Gasteiger partial charge in [-0.25, -0.2) is 0 Å². The number of rotatable bonds is 2. The molecule has 3 atom stereocenters. The Bertz CT molecular complexity index is 573. The van der Waals surface area contributed by atoms with E-state index in [0.717, 1.165) is 31.6 Å². The third-order valence-electron chi connectivity index (χ3n) is 5.61. The maximum Gasteiger partial charge on any atom is 0.228 e. The number of fused-ring (bicyclic) bond motifs is 1. The molecule has 0 bridgehead atoms. The summed E-state index contributed by atoms with van der Waals surface area (Å²) in [5.41, 5.74) is 1.03. The molecule has 3 aliphatic heterocycles. The molecule has 0 N–H and O–H groups in total. The lowest BCUT2D eigenvalue weighted by atomic mass is 9.94. The van der Waals surface area contributed by atoms with Gasteiger partial charge < -0.3 is 9.64 Å². The molecular formula is C17H26N4O2. The molecule has 6 nitrogen and oxygen atoms in total. The molecule has 0 aliphatic carbocycles. The fourth-order valence-corrected chi connectivity index (χ4v) is 4.35. The zero-order valence-electron chi connectivity index (χ0n) is 13.9. The molecule has 0 saturated carbocycles. The Morgan fingerprint density at radius 3 is 3.00 bits per heavy atom. The molecule has 0 aromatic carbocycles. The lowest BCUT2D eigenvalue weighted by molar-refractivity contribution is -0.141. The average Bonchev–Trinajstić information content (AvgIpc) is 3.22. The maximum atomic E-state index is 13.1. The Kier molecular flexibility index (Phi) is 4.11. The minimum Gasteiger partial charge on any atom is -0.373 e. The highest BCUT2D eigenvalue weighted by Gasteiger charge is 2.40. The largest absolute Gasteiger partial charge is 0.373 e. The number of hydrogen-bond donors (Lipinski definition) is 0. The quantitative estimate of drug-likeness (QED) is 0.822. The summed E-state index contributed by atoms with van der Waals surface area (Å²) in [6, 6.07) is 0.570. The standard InChI is InChI=1S/C17H26N4O2/c1-19-11-13(10-18-19)16-15(5-9-23-16)17(22)21-8-7-20-6-3-2-4-14(20)12-21/h10-11,14-16H,2-9,12H2,1H3/t14-,15+,16-/m1/s1. The number of hydrogen-bond acceptors (Lipinski definition) is 4. The van der Waals surface area contributed by atoms with E-state index >= 15 is 0 Å². The average molecular weight is 318 g/mol. The highest BCUT2D eigenvalue weighted by molar-refractivity contribution is 5.80. The number of aryl methyl sites for hydroxylation is 1. The Balaban J connectivity index is 1.45. The topological polar surface area (TPSA) is 50.6 Å². The Morgan fingerprint density at radius 1 is 1.26 bits per heavy atom. The Morgan fingerprint density at radius 2 is 2.17 bits per heavy atom. The number of nitrogens with zero attached hydrogens (tertiary/aromatic N) is 4. The molecule has 3 fully saturated rings. The molecule has 4 heterocycles. The summed E-state index contributed by atoms with van der Waals surface area (Å²) in [6.07, 6.45) is 8.34. The molecule has 23 heavy (non-hydrogen) atoms. The molecule has 1 aromatic rings. The van der Waals surface area contributed by atoms with Crippen LogP contribution in [-0.2, 0) is 16.6 Å². The van der Waals surface area contributed by atoms with E-state index in [1.165, 1.54) is 25.8 Å². The van der Waals surface area contributed by atoms with E-state index in [2.05, 4.69) is 14.9 Å². The van der Waals surface area contributed by atoms with Crippen LogP contribution >= 0.6 is 0 Å². The molecule has 0 radical (unpaired) electrons. The van der Waals surface area contributed by atoms with Gasteiger partial charge in [-0.2, -0.15) is 5.10 Å². The van der Waals surface area contributed by atoms with Crippen LogP contribution < -0.4 is 0 Å². The van der Waals surface area contributed by atoms with Crippen LogP contribution in [0.3, 0.4) is 0 Å². The molecule has 6 heteroatoms. The molecule has 1 aromatic heterocycles. The van der Waals surface area contributed by atoms with Crippen LogP contribution in [0.5, 0.6) is 0 Å². The summed E-state index contributed by atoms with van der Waals surface area (Å²) < 4.78 is 7.65. The van der Waals surface area contributed by atoms with Gasteiger partial charge >= 0.3 is 0 Å².